The highest BCUT2D eigenvalue weighted by molar-refractivity contribution is 5.70. The van der Waals surface area contributed by atoms with Crippen LogP contribution in [0.25, 0.3) is 0 Å². The molecule has 0 heterocycles. The highest BCUT2D eigenvalue weighted by Gasteiger charge is 2.17. The molecule has 0 fully saturated rings. The van der Waals surface area contributed by atoms with Crippen LogP contribution in [0.4, 0.5) is 0 Å². The van der Waals surface area contributed by atoms with Gasteiger partial charge < -0.3 is 14.2 Å². The minimum Gasteiger partial charge on any atom is -0.462 e. The second-order valence-corrected chi connectivity index (χ2v) is 16.7. The average Bonchev–Trinajstić information content (AvgIpc) is 3.30. The lowest BCUT2D eigenvalue weighted by atomic mass is 10.0. The molecule has 1 atom stereocenters. The van der Waals surface area contributed by atoms with Crippen LogP contribution in [-0.2, 0) is 23.8 Å². The number of unbranched alkanes of at least 4 members (excludes halogenated alkanes) is 15. The summed E-state index contributed by atoms with van der Waals surface area (Å²) in [7, 11) is 0. The number of hydrogen-bond donors (Lipinski definition) is 0. The maximum atomic E-state index is 12.8. The molecule has 0 saturated heterocycles. The zero-order valence-corrected chi connectivity index (χ0v) is 41.5. The summed E-state index contributed by atoms with van der Waals surface area (Å²) in [6.07, 6.45) is 75.0. The number of rotatable bonds is 46. The van der Waals surface area contributed by atoms with Crippen molar-refractivity contribution < 1.29 is 23.8 Å². The van der Waals surface area contributed by atoms with E-state index in [1.807, 2.05) is 0 Å². The van der Waals surface area contributed by atoms with Crippen molar-refractivity contribution in [3.05, 3.63) is 122 Å². The van der Waals surface area contributed by atoms with Crippen LogP contribution >= 0.6 is 0 Å². The molecule has 0 aliphatic carbocycles. The first-order valence-corrected chi connectivity index (χ1v) is 26.1. The van der Waals surface area contributed by atoms with Gasteiger partial charge in [-0.25, -0.2) is 0 Å². The first-order chi connectivity index (χ1) is 31.6. The van der Waals surface area contributed by atoms with Gasteiger partial charge in [0.1, 0.15) is 6.61 Å². The molecule has 0 aromatic carbocycles. The number of carbonyl (C=O) groups excluding carboxylic acids is 2. The van der Waals surface area contributed by atoms with E-state index in [4.69, 9.17) is 14.2 Å². The molecule has 5 heteroatoms. The Bertz CT molecular complexity index is 1320. The van der Waals surface area contributed by atoms with Gasteiger partial charge >= 0.3 is 11.9 Å². The van der Waals surface area contributed by atoms with Gasteiger partial charge in [-0.15, -0.1) is 0 Å². The second-order valence-electron chi connectivity index (χ2n) is 16.7. The van der Waals surface area contributed by atoms with E-state index in [2.05, 4.69) is 142 Å². The Balaban J connectivity index is 4.48. The Kier molecular flexibility index (Phi) is 50.5. The molecule has 0 bridgehead atoms. The maximum Gasteiger partial charge on any atom is 0.306 e. The average molecular weight is 885 g/mol. The van der Waals surface area contributed by atoms with E-state index in [-0.39, 0.29) is 25.2 Å². The number of ether oxygens (including phenoxy) is 3. The third kappa shape index (κ3) is 50.9. The summed E-state index contributed by atoms with van der Waals surface area (Å²) in [5, 5.41) is 0. The number of allylic oxidation sites excluding steroid dienone is 20. The smallest absolute Gasteiger partial charge is 0.306 e. The van der Waals surface area contributed by atoms with E-state index in [9.17, 15) is 9.59 Å². The van der Waals surface area contributed by atoms with Gasteiger partial charge in [-0.3, -0.25) is 9.59 Å². The lowest BCUT2D eigenvalue weighted by Crippen LogP contribution is -2.30. The molecule has 64 heavy (non-hydrogen) atoms. The van der Waals surface area contributed by atoms with Crippen LogP contribution in [0.2, 0.25) is 0 Å². The Morgan fingerprint density at radius 3 is 1.06 bits per heavy atom. The molecular weight excluding hydrogens is 789 g/mol. The first kappa shape index (κ1) is 60.3. The molecule has 0 saturated carbocycles. The molecule has 0 aliphatic heterocycles. The number of esters is 2. The minimum atomic E-state index is -0.595. The molecule has 0 spiro atoms. The normalized spacial score (nSPS) is 13.2. The van der Waals surface area contributed by atoms with Crippen molar-refractivity contribution in [2.24, 2.45) is 0 Å². The highest BCUT2D eigenvalue weighted by atomic mass is 16.6. The predicted molar refractivity (Wildman–Crippen MR) is 279 cm³/mol. The Morgan fingerprint density at radius 1 is 0.359 bits per heavy atom. The third-order valence-electron chi connectivity index (χ3n) is 10.5. The standard InChI is InChI=1S/C59H96O5/c1-4-7-10-13-16-19-22-25-28-30-32-34-37-40-43-46-49-52-58(60)63-56-57(55-62-54-51-48-45-42-39-36-27-24-21-18-15-12-9-6-3)64-59(61)53-50-47-44-41-38-35-33-31-29-26-23-20-17-14-11-8-5-2/h7-8,10-11,16-17,19-20,25-26,28-29,32-35,40-41,43-44,57H,4-6,9,12-15,18,21-24,27,30-31,36-39,42,45-56H2,1-3H3/b10-7-,11-8-,19-16-,20-17-,28-25-,29-26-,34-32-,35-33-,43-40-,44-41-. The van der Waals surface area contributed by atoms with E-state index in [1.54, 1.807) is 0 Å². The van der Waals surface area contributed by atoms with Crippen molar-refractivity contribution in [2.45, 2.75) is 219 Å². The molecule has 0 aliphatic rings. The van der Waals surface area contributed by atoms with Crippen LogP contribution in [0.3, 0.4) is 0 Å². The summed E-state index contributed by atoms with van der Waals surface area (Å²) >= 11 is 0. The topological polar surface area (TPSA) is 61.8 Å². The molecular formula is C59H96O5. The highest BCUT2D eigenvalue weighted by Crippen LogP contribution is 2.13. The van der Waals surface area contributed by atoms with Gasteiger partial charge in [0.05, 0.1) is 6.61 Å². The van der Waals surface area contributed by atoms with E-state index < -0.39 is 6.10 Å². The molecule has 0 N–H and O–H groups in total. The van der Waals surface area contributed by atoms with Crippen LogP contribution in [0.5, 0.6) is 0 Å². The summed E-state index contributed by atoms with van der Waals surface area (Å²) in [5.74, 6) is -0.536. The quantitative estimate of drug-likeness (QED) is 0.0346. The van der Waals surface area contributed by atoms with Gasteiger partial charge in [0, 0.05) is 19.4 Å². The monoisotopic (exact) mass is 885 g/mol. The van der Waals surface area contributed by atoms with E-state index in [0.717, 1.165) is 96.3 Å². The lowest BCUT2D eigenvalue weighted by Gasteiger charge is -2.18. The third-order valence-corrected chi connectivity index (χ3v) is 10.5. The molecule has 0 rings (SSSR count). The van der Waals surface area contributed by atoms with Crippen molar-refractivity contribution in [3.8, 4) is 0 Å². The molecule has 5 nitrogen and oxygen atoms in total. The van der Waals surface area contributed by atoms with Gasteiger partial charge in [0.15, 0.2) is 6.10 Å². The summed E-state index contributed by atoms with van der Waals surface area (Å²) in [5.41, 5.74) is 0. The van der Waals surface area contributed by atoms with Gasteiger partial charge in [0.2, 0.25) is 0 Å². The van der Waals surface area contributed by atoms with E-state index >= 15 is 0 Å². The Hall–Kier alpha value is -3.70. The molecule has 0 aromatic heterocycles. The van der Waals surface area contributed by atoms with Crippen molar-refractivity contribution in [1.82, 2.24) is 0 Å². The van der Waals surface area contributed by atoms with Crippen molar-refractivity contribution in [3.63, 3.8) is 0 Å². The summed E-state index contributed by atoms with van der Waals surface area (Å²) in [6.45, 7) is 7.47. The van der Waals surface area contributed by atoms with Crippen LogP contribution in [-0.4, -0.2) is 37.9 Å². The minimum absolute atomic E-state index is 0.0275. The SMILES string of the molecule is CC/C=C\C/C=C\C/C=C\C/C=C\C/C=C\CCCC(=O)OCC(COCCCCCCCCCCCCCCCC)OC(=O)CCC/C=C\C/C=C\C/C=C\C/C=C\C/C=C\CC. The first-order valence-electron chi connectivity index (χ1n) is 26.1. The Labute approximate surface area is 395 Å². The number of carbonyl (C=O) groups is 2. The van der Waals surface area contributed by atoms with Crippen LogP contribution in [0.1, 0.15) is 213 Å². The Morgan fingerprint density at radius 2 is 0.688 bits per heavy atom. The van der Waals surface area contributed by atoms with Gasteiger partial charge in [-0.05, 0) is 96.3 Å². The van der Waals surface area contributed by atoms with Crippen LogP contribution in [0, 0.1) is 0 Å². The van der Waals surface area contributed by atoms with E-state index in [1.165, 1.54) is 77.0 Å². The molecule has 0 radical (unpaired) electrons. The van der Waals surface area contributed by atoms with Crippen LogP contribution in [0.15, 0.2) is 122 Å². The summed E-state index contributed by atoms with van der Waals surface area (Å²) in [4.78, 5) is 25.4. The molecule has 0 amide bonds. The maximum absolute atomic E-state index is 12.8. The van der Waals surface area contributed by atoms with Crippen molar-refractivity contribution >= 4 is 11.9 Å². The van der Waals surface area contributed by atoms with Crippen molar-refractivity contribution in [2.75, 3.05) is 19.8 Å². The largest absolute Gasteiger partial charge is 0.462 e. The summed E-state index contributed by atoms with van der Waals surface area (Å²) in [6, 6.07) is 0. The zero-order valence-electron chi connectivity index (χ0n) is 41.5. The lowest BCUT2D eigenvalue weighted by molar-refractivity contribution is -0.162. The van der Waals surface area contributed by atoms with Gasteiger partial charge in [0.25, 0.3) is 0 Å². The second kappa shape index (κ2) is 53.6. The predicted octanol–water partition coefficient (Wildman–Crippen LogP) is 17.8. The fourth-order valence-corrected chi connectivity index (χ4v) is 6.70. The summed E-state index contributed by atoms with van der Waals surface area (Å²) < 4.78 is 17.3. The zero-order chi connectivity index (χ0) is 46.3. The van der Waals surface area contributed by atoms with Gasteiger partial charge in [-0.1, -0.05) is 226 Å². The fourth-order valence-electron chi connectivity index (χ4n) is 6.70. The fraction of sp³-hybridized carbons (Fsp3) is 0.627. The van der Waals surface area contributed by atoms with Gasteiger partial charge in [-0.2, -0.15) is 0 Å². The molecule has 362 valence electrons. The van der Waals surface area contributed by atoms with Crippen LogP contribution < -0.4 is 0 Å². The number of hydrogen-bond acceptors (Lipinski definition) is 5. The van der Waals surface area contributed by atoms with E-state index in [0.29, 0.717) is 25.9 Å². The molecule has 0 aromatic rings. The van der Waals surface area contributed by atoms with Crippen molar-refractivity contribution in [1.29, 1.82) is 0 Å². The molecule has 1 unspecified atom stereocenters.